The van der Waals surface area contributed by atoms with Gasteiger partial charge in [0.1, 0.15) is 29.7 Å². The molecule has 3 aromatic rings. The predicted octanol–water partition coefficient (Wildman–Crippen LogP) is 2.36. The van der Waals surface area contributed by atoms with Crippen LogP contribution < -0.4 is 5.32 Å². The highest BCUT2D eigenvalue weighted by Gasteiger charge is 2.34. The van der Waals surface area contributed by atoms with E-state index in [4.69, 9.17) is 16.3 Å². The average molecular weight is 464 g/mol. The zero-order valence-corrected chi connectivity index (χ0v) is 17.0. The van der Waals surface area contributed by atoms with Crippen LogP contribution in [0.4, 0.5) is 13.2 Å². The molecule has 0 saturated carbocycles. The fraction of sp³-hybridized carbons (Fsp3) is 0.158. The standard InChI is InChI=1S/C19H13ClF3N7O2/c1-32-19(31)15-14(7-30-8-25-28-29-30)26-18(17-13(23)5-10(22)6-24-17)27-16(15)11-3-2-9(21)4-12(11)20/h2-6,8,16H,7H2,1H3,(H,26,27)/t16-/m0/s1. The van der Waals surface area contributed by atoms with Gasteiger partial charge in [-0.2, -0.15) is 0 Å². The summed E-state index contributed by atoms with van der Waals surface area (Å²) in [6.07, 6.45) is 2.12. The Balaban J connectivity index is 1.91. The van der Waals surface area contributed by atoms with Crippen LogP contribution >= 0.6 is 11.6 Å². The van der Waals surface area contributed by atoms with E-state index in [0.717, 1.165) is 18.3 Å². The van der Waals surface area contributed by atoms with Gasteiger partial charge < -0.3 is 10.1 Å². The van der Waals surface area contributed by atoms with E-state index in [2.05, 4.69) is 30.8 Å². The quantitative estimate of drug-likeness (QED) is 0.579. The molecule has 1 N–H and O–H groups in total. The van der Waals surface area contributed by atoms with Gasteiger partial charge in [-0.15, -0.1) is 5.10 Å². The number of nitrogens with one attached hydrogen (secondary N) is 1. The summed E-state index contributed by atoms with van der Waals surface area (Å²) in [4.78, 5) is 20.9. The van der Waals surface area contributed by atoms with Crippen LogP contribution in [0, 0.1) is 17.5 Å². The predicted molar refractivity (Wildman–Crippen MR) is 105 cm³/mol. The molecule has 1 aliphatic rings. The number of carbonyl (C=O) groups excluding carboxylic acids is 1. The largest absolute Gasteiger partial charge is 0.466 e. The number of hydrogen-bond acceptors (Lipinski definition) is 8. The van der Waals surface area contributed by atoms with Gasteiger partial charge >= 0.3 is 5.97 Å². The minimum Gasteiger partial charge on any atom is -0.466 e. The SMILES string of the molecule is COC(=O)C1=C(Cn2cnnn2)NC(c2ncc(F)cc2F)=N[C@H]1c1ccc(F)cc1Cl. The summed E-state index contributed by atoms with van der Waals surface area (Å²) >= 11 is 6.23. The number of amidine groups is 1. The third-order valence-corrected chi connectivity index (χ3v) is 4.86. The molecule has 0 spiro atoms. The molecule has 3 heterocycles. The maximum absolute atomic E-state index is 14.5. The third kappa shape index (κ3) is 4.17. The van der Waals surface area contributed by atoms with E-state index in [0.29, 0.717) is 6.07 Å². The topological polar surface area (TPSA) is 107 Å². The summed E-state index contributed by atoms with van der Waals surface area (Å²) in [6.45, 7) is -0.0609. The molecule has 9 nitrogen and oxygen atoms in total. The fourth-order valence-corrected chi connectivity index (χ4v) is 3.41. The van der Waals surface area contributed by atoms with Gasteiger partial charge in [0, 0.05) is 16.7 Å². The van der Waals surface area contributed by atoms with Crippen LogP contribution in [0.1, 0.15) is 17.3 Å². The second-order valence-electron chi connectivity index (χ2n) is 6.55. The number of aliphatic imine (C=N–C) groups is 1. The molecule has 0 fully saturated rings. The highest BCUT2D eigenvalue weighted by molar-refractivity contribution is 6.31. The van der Waals surface area contributed by atoms with Crippen molar-refractivity contribution in [2.24, 2.45) is 4.99 Å². The lowest BCUT2D eigenvalue weighted by Gasteiger charge is -2.27. The number of hydrogen-bond donors (Lipinski definition) is 1. The first kappa shape index (κ1) is 21.4. The average Bonchev–Trinajstić information content (AvgIpc) is 3.26. The molecule has 13 heteroatoms. The highest BCUT2D eigenvalue weighted by Crippen LogP contribution is 2.36. The van der Waals surface area contributed by atoms with Crippen molar-refractivity contribution in [2.75, 3.05) is 7.11 Å². The van der Waals surface area contributed by atoms with Crippen LogP contribution in [0.2, 0.25) is 5.02 Å². The molecule has 0 bridgehead atoms. The number of pyridine rings is 1. The lowest BCUT2D eigenvalue weighted by Crippen LogP contribution is -2.36. The van der Waals surface area contributed by atoms with Crippen LogP contribution in [-0.2, 0) is 16.1 Å². The molecule has 0 aliphatic carbocycles. The maximum atomic E-state index is 14.5. The number of rotatable bonds is 5. The number of carbonyl (C=O) groups is 1. The summed E-state index contributed by atoms with van der Waals surface area (Å²) in [6, 6.07) is 3.07. The number of benzene rings is 1. The van der Waals surface area contributed by atoms with Gasteiger partial charge in [-0.05, 0) is 22.6 Å². The van der Waals surface area contributed by atoms with Gasteiger partial charge in [0.05, 0.1) is 31.1 Å². The van der Waals surface area contributed by atoms with Gasteiger partial charge in [-0.3, -0.25) is 4.99 Å². The van der Waals surface area contributed by atoms with Crippen molar-refractivity contribution in [3.05, 3.63) is 81.8 Å². The Bertz CT molecular complexity index is 1250. The smallest absolute Gasteiger partial charge is 0.338 e. The molecule has 0 unspecified atom stereocenters. The Labute approximate surface area is 183 Å². The van der Waals surface area contributed by atoms with Crippen LogP contribution in [0.25, 0.3) is 0 Å². The number of aromatic nitrogens is 5. The minimum atomic E-state index is -1.12. The summed E-state index contributed by atoms with van der Waals surface area (Å²) in [5.41, 5.74) is 0.171. The maximum Gasteiger partial charge on any atom is 0.338 e. The molecule has 4 rings (SSSR count). The number of tetrazole rings is 1. The van der Waals surface area contributed by atoms with Crippen molar-refractivity contribution in [3.63, 3.8) is 0 Å². The highest BCUT2D eigenvalue weighted by atomic mass is 35.5. The Morgan fingerprint density at radius 2 is 2.06 bits per heavy atom. The van der Waals surface area contributed by atoms with E-state index < -0.39 is 29.5 Å². The zero-order valence-electron chi connectivity index (χ0n) is 16.3. The van der Waals surface area contributed by atoms with Crippen molar-refractivity contribution in [1.29, 1.82) is 0 Å². The van der Waals surface area contributed by atoms with Gasteiger partial charge in [-0.1, -0.05) is 17.7 Å². The van der Waals surface area contributed by atoms with E-state index in [-0.39, 0.29) is 39.9 Å². The molecule has 0 radical (unpaired) electrons. The number of methoxy groups -OCH3 is 1. The molecule has 2 aromatic heterocycles. The van der Waals surface area contributed by atoms with E-state index in [9.17, 15) is 18.0 Å². The normalized spacial score (nSPS) is 15.9. The van der Waals surface area contributed by atoms with E-state index in [1.165, 1.54) is 24.2 Å². The molecule has 0 saturated heterocycles. The first-order chi connectivity index (χ1) is 15.4. The van der Waals surface area contributed by atoms with Crippen LogP contribution in [-0.4, -0.2) is 44.1 Å². The number of nitrogens with zero attached hydrogens (tertiary/aromatic N) is 6. The second kappa shape index (κ2) is 8.75. The van der Waals surface area contributed by atoms with E-state index in [1.54, 1.807) is 0 Å². The lowest BCUT2D eigenvalue weighted by atomic mass is 9.95. The Kier molecular flexibility index (Phi) is 5.86. The van der Waals surface area contributed by atoms with Crippen molar-refractivity contribution in [3.8, 4) is 0 Å². The minimum absolute atomic E-state index is 0.0165. The summed E-state index contributed by atoms with van der Waals surface area (Å²) < 4.78 is 47.7. The first-order valence-electron chi connectivity index (χ1n) is 9.00. The fourth-order valence-electron chi connectivity index (χ4n) is 3.14. The molecular formula is C19H13ClF3N7O2. The van der Waals surface area contributed by atoms with Crippen molar-refractivity contribution >= 4 is 23.4 Å². The van der Waals surface area contributed by atoms with Crippen LogP contribution in [0.5, 0.6) is 0 Å². The van der Waals surface area contributed by atoms with Gasteiger partial charge in [0.25, 0.3) is 0 Å². The van der Waals surface area contributed by atoms with E-state index >= 15 is 0 Å². The Hall–Kier alpha value is -3.80. The third-order valence-electron chi connectivity index (χ3n) is 4.53. The van der Waals surface area contributed by atoms with E-state index in [1.807, 2.05) is 0 Å². The summed E-state index contributed by atoms with van der Waals surface area (Å²) in [7, 11) is 1.17. The molecule has 1 atom stereocenters. The molecule has 1 aliphatic heterocycles. The number of esters is 1. The number of allylic oxidation sites excluding steroid dienone is 1. The van der Waals surface area contributed by atoms with Gasteiger partial charge in [-0.25, -0.2) is 27.6 Å². The van der Waals surface area contributed by atoms with Gasteiger partial charge in [0.2, 0.25) is 0 Å². The molecular weight excluding hydrogens is 451 g/mol. The monoisotopic (exact) mass is 463 g/mol. The second-order valence-corrected chi connectivity index (χ2v) is 6.95. The van der Waals surface area contributed by atoms with Crippen molar-refractivity contribution in [2.45, 2.75) is 12.6 Å². The van der Waals surface area contributed by atoms with Crippen LogP contribution in [0.3, 0.4) is 0 Å². The molecule has 164 valence electrons. The lowest BCUT2D eigenvalue weighted by molar-refractivity contribution is -0.136. The molecule has 1 aromatic carbocycles. The Morgan fingerprint density at radius 1 is 1.25 bits per heavy atom. The molecule has 0 amide bonds. The Morgan fingerprint density at radius 3 is 2.72 bits per heavy atom. The van der Waals surface area contributed by atoms with Crippen LogP contribution in [0.15, 0.2) is 53.1 Å². The van der Waals surface area contributed by atoms with Gasteiger partial charge in [0.15, 0.2) is 11.7 Å². The summed E-state index contributed by atoms with van der Waals surface area (Å²) in [5, 5.41) is 13.7. The van der Waals surface area contributed by atoms with Crippen molar-refractivity contribution < 1.29 is 22.7 Å². The number of halogens is 4. The summed E-state index contributed by atoms with van der Waals surface area (Å²) in [5.74, 6) is -3.32. The molecule has 32 heavy (non-hydrogen) atoms. The zero-order chi connectivity index (χ0) is 22.8. The van der Waals surface area contributed by atoms with Crippen molar-refractivity contribution in [1.82, 2.24) is 30.5 Å². The number of ether oxygens (including phenoxy) is 1. The first-order valence-corrected chi connectivity index (χ1v) is 9.38.